The van der Waals surface area contributed by atoms with Crippen molar-refractivity contribution in [3.63, 3.8) is 0 Å². The van der Waals surface area contributed by atoms with Gasteiger partial charge in [-0.05, 0) is 103 Å². The summed E-state index contributed by atoms with van der Waals surface area (Å²) in [5.74, 6) is 6.81. The number of aliphatic hydroxyl groups is 2. The van der Waals surface area contributed by atoms with Crippen LogP contribution < -0.4 is 0 Å². The fourth-order valence-corrected chi connectivity index (χ4v) is 10.7. The molecule has 6 aliphatic rings. The molecule has 0 saturated heterocycles. The highest BCUT2D eigenvalue weighted by molar-refractivity contribution is 5.27. The second kappa shape index (κ2) is 9.15. The summed E-state index contributed by atoms with van der Waals surface area (Å²) in [5, 5.41) is 21.2. The lowest BCUT2D eigenvalue weighted by molar-refractivity contribution is -0.0594. The predicted molar refractivity (Wildman–Crippen MR) is 134 cm³/mol. The van der Waals surface area contributed by atoms with Gasteiger partial charge in [0.2, 0.25) is 0 Å². The molecule has 0 aromatic heterocycles. The third-order valence-electron chi connectivity index (χ3n) is 11.4. The van der Waals surface area contributed by atoms with Crippen molar-refractivity contribution in [2.45, 2.75) is 64.2 Å². The minimum atomic E-state index is 0.0356. The summed E-state index contributed by atoms with van der Waals surface area (Å²) in [4.78, 5) is 0. The van der Waals surface area contributed by atoms with E-state index < -0.39 is 0 Å². The third kappa shape index (κ3) is 3.41. The number of fused-ring (bicyclic) bond motifs is 6. The number of rotatable bonds is 6. The lowest BCUT2D eigenvalue weighted by atomic mass is 9.51. The summed E-state index contributed by atoms with van der Waals surface area (Å²) in [6, 6.07) is 0. The van der Waals surface area contributed by atoms with Gasteiger partial charge in [0.05, 0.1) is 0 Å². The van der Waals surface area contributed by atoms with Gasteiger partial charge in [0.15, 0.2) is 0 Å². The van der Waals surface area contributed by atoms with Crippen molar-refractivity contribution >= 4 is 0 Å². The molecule has 33 heavy (non-hydrogen) atoms. The van der Waals surface area contributed by atoms with Gasteiger partial charge in [0, 0.05) is 13.2 Å². The molecule has 10 atom stereocenters. The molecule has 180 valence electrons. The van der Waals surface area contributed by atoms with Crippen LogP contribution in [0.15, 0.2) is 48.6 Å². The molecule has 10 unspecified atom stereocenters. The molecule has 2 N–H and O–H groups in total. The zero-order valence-electron chi connectivity index (χ0n) is 20.3. The van der Waals surface area contributed by atoms with Crippen molar-refractivity contribution in [2.75, 3.05) is 13.2 Å². The first-order valence-electron chi connectivity index (χ1n) is 14.2. The molecule has 0 aliphatic heterocycles. The minimum Gasteiger partial charge on any atom is -0.396 e. The first-order chi connectivity index (χ1) is 16.3. The minimum absolute atomic E-state index is 0.0356. The molecular weight excluding hydrogens is 404 g/mol. The Bertz CT molecular complexity index is 753. The van der Waals surface area contributed by atoms with E-state index >= 15 is 0 Å². The first-order valence-corrected chi connectivity index (χ1v) is 14.2. The maximum Gasteiger partial charge on any atom is 0.0436 e. The van der Waals surface area contributed by atoms with Crippen molar-refractivity contribution in [3.05, 3.63) is 48.6 Å². The molecule has 4 saturated carbocycles. The van der Waals surface area contributed by atoms with Crippen LogP contribution in [0.4, 0.5) is 0 Å². The monoisotopic (exact) mass is 448 g/mol. The smallest absolute Gasteiger partial charge is 0.0436 e. The Morgan fingerprint density at radius 1 is 0.515 bits per heavy atom. The van der Waals surface area contributed by atoms with Crippen molar-refractivity contribution in [1.82, 2.24) is 0 Å². The summed E-state index contributed by atoms with van der Waals surface area (Å²) in [7, 11) is 0. The molecule has 2 nitrogen and oxygen atoms in total. The van der Waals surface area contributed by atoms with Crippen LogP contribution in [-0.4, -0.2) is 23.4 Å². The Balaban J connectivity index is 1.48. The largest absolute Gasteiger partial charge is 0.396 e. The van der Waals surface area contributed by atoms with Gasteiger partial charge in [-0.3, -0.25) is 0 Å². The van der Waals surface area contributed by atoms with Crippen LogP contribution in [0.1, 0.15) is 64.2 Å². The van der Waals surface area contributed by atoms with Gasteiger partial charge in [-0.25, -0.2) is 0 Å². The average molecular weight is 449 g/mol. The number of hydrogen-bond donors (Lipinski definition) is 2. The van der Waals surface area contributed by atoms with E-state index in [-0.39, 0.29) is 18.6 Å². The molecule has 0 heterocycles. The highest BCUT2D eigenvalue weighted by Gasteiger charge is 2.64. The third-order valence-corrected chi connectivity index (χ3v) is 11.4. The zero-order chi connectivity index (χ0) is 22.4. The molecule has 0 spiro atoms. The summed E-state index contributed by atoms with van der Waals surface area (Å²) in [6.07, 6.45) is 32.0. The van der Waals surface area contributed by atoms with E-state index in [9.17, 15) is 10.2 Å². The van der Waals surface area contributed by atoms with E-state index in [1.165, 1.54) is 51.4 Å². The van der Waals surface area contributed by atoms with E-state index in [0.29, 0.717) is 35.5 Å². The van der Waals surface area contributed by atoms with Gasteiger partial charge in [-0.15, -0.1) is 0 Å². The van der Waals surface area contributed by atoms with E-state index in [4.69, 9.17) is 0 Å². The van der Waals surface area contributed by atoms with Gasteiger partial charge >= 0.3 is 0 Å². The molecule has 0 amide bonds. The summed E-state index contributed by atoms with van der Waals surface area (Å²) in [5.41, 5.74) is 0.0356. The van der Waals surface area contributed by atoms with Crippen LogP contribution in [0, 0.1) is 64.6 Å². The van der Waals surface area contributed by atoms with Crippen LogP contribution in [0.5, 0.6) is 0 Å². The van der Waals surface area contributed by atoms with E-state index in [1.54, 1.807) is 0 Å². The Morgan fingerprint density at radius 3 is 1.27 bits per heavy atom. The van der Waals surface area contributed by atoms with Crippen LogP contribution >= 0.6 is 0 Å². The number of aliphatic hydroxyl groups excluding tert-OH is 2. The molecule has 0 bridgehead atoms. The molecule has 2 heteroatoms. The van der Waals surface area contributed by atoms with Gasteiger partial charge in [-0.1, -0.05) is 74.3 Å². The topological polar surface area (TPSA) is 40.5 Å². The molecule has 0 aromatic rings. The lowest BCUT2D eigenvalue weighted by Gasteiger charge is -2.53. The molecule has 0 radical (unpaired) electrons. The fourth-order valence-electron chi connectivity index (χ4n) is 10.7. The van der Waals surface area contributed by atoms with Gasteiger partial charge in [0.1, 0.15) is 0 Å². The number of allylic oxidation sites excluding steroid dienone is 8. The number of hydrogen-bond acceptors (Lipinski definition) is 2. The molecule has 6 aliphatic carbocycles. The molecular formula is C31H44O2. The van der Waals surface area contributed by atoms with Crippen LogP contribution in [-0.2, 0) is 0 Å². The summed E-state index contributed by atoms with van der Waals surface area (Å²) < 4.78 is 0. The summed E-state index contributed by atoms with van der Waals surface area (Å²) >= 11 is 0. The zero-order valence-corrected chi connectivity index (χ0v) is 20.3. The molecule has 0 aromatic carbocycles. The fraction of sp³-hybridized carbons (Fsp3) is 0.742. The van der Waals surface area contributed by atoms with Crippen LogP contribution in [0.2, 0.25) is 0 Å². The van der Waals surface area contributed by atoms with E-state index in [0.717, 1.165) is 36.5 Å². The van der Waals surface area contributed by atoms with Gasteiger partial charge in [0.25, 0.3) is 0 Å². The Morgan fingerprint density at radius 2 is 0.879 bits per heavy atom. The maximum atomic E-state index is 10.6. The Labute approximate surface area is 200 Å². The Hall–Kier alpha value is -1.12. The Kier molecular flexibility index (Phi) is 6.20. The van der Waals surface area contributed by atoms with E-state index in [1.807, 2.05) is 0 Å². The SMILES string of the molecule is OCCC(CCO)(C1C2C=CC=CC2C2CCCCC21)C1C2C=CC=CC2C2CCCCC21. The van der Waals surface area contributed by atoms with Crippen molar-refractivity contribution in [1.29, 1.82) is 0 Å². The first kappa shape index (κ1) is 22.4. The van der Waals surface area contributed by atoms with Crippen LogP contribution in [0.25, 0.3) is 0 Å². The summed E-state index contributed by atoms with van der Waals surface area (Å²) in [6.45, 7) is 0.519. The van der Waals surface area contributed by atoms with Crippen molar-refractivity contribution < 1.29 is 10.2 Å². The predicted octanol–water partition coefficient (Wildman–Crippen LogP) is 6.33. The molecule has 6 rings (SSSR count). The standard InChI is InChI=1S/C31H44O2/c32-19-17-31(18-20-33,29-25-13-5-1-9-21(25)22-10-2-6-14-26(22)29)30-27-15-7-3-11-23(27)24-12-4-8-16-28(24)30/h1,3,5,7,9,11,13,15,21-30,32-33H,2,4,6,8,10,12,14,16-20H2. The van der Waals surface area contributed by atoms with Crippen LogP contribution in [0.3, 0.4) is 0 Å². The second-order valence-corrected chi connectivity index (χ2v) is 12.3. The van der Waals surface area contributed by atoms with Crippen molar-refractivity contribution in [2.24, 2.45) is 64.6 Å². The highest BCUT2D eigenvalue weighted by atomic mass is 16.3. The highest BCUT2D eigenvalue weighted by Crippen LogP contribution is 2.69. The van der Waals surface area contributed by atoms with Gasteiger partial charge < -0.3 is 10.2 Å². The quantitative estimate of drug-likeness (QED) is 0.499. The molecule has 4 fully saturated rings. The van der Waals surface area contributed by atoms with Gasteiger partial charge in [-0.2, -0.15) is 0 Å². The van der Waals surface area contributed by atoms with E-state index in [2.05, 4.69) is 48.6 Å². The maximum absolute atomic E-state index is 10.6. The lowest BCUT2D eigenvalue weighted by Crippen LogP contribution is -2.48. The average Bonchev–Trinajstić information content (AvgIpc) is 3.38. The normalized spacial score (nSPS) is 45.5. The second-order valence-electron chi connectivity index (χ2n) is 12.3. The van der Waals surface area contributed by atoms with Crippen molar-refractivity contribution in [3.8, 4) is 0 Å².